The fraction of sp³-hybridized carbons (Fsp3) is 0.571. The quantitative estimate of drug-likeness (QED) is 0.623. The van der Waals surface area contributed by atoms with Gasteiger partial charge in [-0.05, 0) is 68.9 Å². The summed E-state index contributed by atoms with van der Waals surface area (Å²) in [5.74, 6) is 0. The molecule has 4 aliphatic rings. The number of fused-ring (bicyclic) bond motifs is 1. The van der Waals surface area contributed by atoms with E-state index in [-0.39, 0.29) is 24.2 Å². The Morgan fingerprint density at radius 1 is 0.921 bits per heavy atom. The van der Waals surface area contributed by atoms with E-state index in [0.717, 1.165) is 57.7 Å². The Morgan fingerprint density at radius 3 is 2.26 bits per heavy atom. The topological polar surface area (TPSA) is 71.9 Å². The molecule has 6 rings (SSSR count). The van der Waals surface area contributed by atoms with Gasteiger partial charge in [-0.15, -0.1) is 0 Å². The van der Waals surface area contributed by atoms with Gasteiger partial charge >= 0.3 is 12.2 Å². The number of nitrogens with one attached hydrogen (secondary N) is 1. The highest BCUT2D eigenvalue weighted by Gasteiger charge is 2.47. The van der Waals surface area contributed by atoms with E-state index in [9.17, 15) is 23.1 Å². The van der Waals surface area contributed by atoms with Gasteiger partial charge in [0.25, 0.3) is 0 Å². The van der Waals surface area contributed by atoms with Crippen molar-refractivity contribution >= 4 is 11.7 Å². The van der Waals surface area contributed by atoms with Gasteiger partial charge in [0.05, 0.1) is 23.8 Å². The van der Waals surface area contributed by atoms with Crippen LogP contribution in [0.2, 0.25) is 0 Å². The molecule has 0 bridgehead atoms. The van der Waals surface area contributed by atoms with Gasteiger partial charge in [-0.3, -0.25) is 9.88 Å². The van der Waals surface area contributed by atoms with E-state index in [1.165, 1.54) is 12.1 Å². The van der Waals surface area contributed by atoms with Gasteiger partial charge < -0.3 is 20.2 Å². The van der Waals surface area contributed by atoms with Crippen LogP contribution in [0, 0.1) is 0 Å². The Labute approximate surface area is 221 Å². The summed E-state index contributed by atoms with van der Waals surface area (Å²) in [6.45, 7) is 2.79. The molecule has 2 atom stereocenters. The molecule has 10 heteroatoms. The molecule has 2 amide bonds. The lowest BCUT2D eigenvalue weighted by atomic mass is 9.91. The number of rotatable bonds is 3. The van der Waals surface area contributed by atoms with Crippen LogP contribution in [0.15, 0.2) is 54.9 Å². The van der Waals surface area contributed by atoms with E-state index in [2.05, 4.69) is 15.2 Å². The Hall–Kier alpha value is -2.85. The number of aromatic nitrogens is 1. The standard InChI is InChI=1S/C23H31F3N4O2.C5H5N/c24-23(25,26)15-2-1-3-18(12-15)28-13-16(14-28)27-22(32)30-11-9-20-21(30)8-10-29(20)17-4-6-19(31)7-5-17;1-2-4-6-5-3-1/h1-3,12,16-17,19-21,31H,4-11,13-14H2,(H,27,32);1-5H. The maximum atomic E-state index is 12.9. The number of hydrogen-bond acceptors (Lipinski definition) is 5. The number of urea groups is 1. The molecule has 4 heterocycles. The zero-order valence-electron chi connectivity index (χ0n) is 21.4. The number of hydrogen-bond donors (Lipinski definition) is 2. The molecular formula is C28H36F3N5O2. The third-order valence-electron chi connectivity index (χ3n) is 8.33. The average molecular weight is 532 g/mol. The largest absolute Gasteiger partial charge is 0.416 e. The molecule has 1 saturated carbocycles. The lowest BCUT2D eigenvalue weighted by molar-refractivity contribution is -0.137. The van der Waals surface area contributed by atoms with E-state index >= 15 is 0 Å². The van der Waals surface area contributed by atoms with E-state index in [0.29, 0.717) is 30.9 Å². The first kappa shape index (κ1) is 26.7. The third-order valence-corrected chi connectivity index (χ3v) is 8.33. The Bertz CT molecular complexity index is 1030. The summed E-state index contributed by atoms with van der Waals surface area (Å²) in [5.41, 5.74) is -0.112. The predicted octanol–water partition coefficient (Wildman–Crippen LogP) is 4.14. The maximum Gasteiger partial charge on any atom is 0.416 e. The van der Waals surface area contributed by atoms with Crippen LogP contribution >= 0.6 is 0 Å². The fourth-order valence-electron chi connectivity index (χ4n) is 6.34. The lowest BCUT2D eigenvalue weighted by Gasteiger charge is -2.42. The number of pyridine rings is 1. The van der Waals surface area contributed by atoms with Gasteiger partial charge in [-0.1, -0.05) is 12.1 Å². The van der Waals surface area contributed by atoms with Gasteiger partial charge in [0.2, 0.25) is 0 Å². The van der Waals surface area contributed by atoms with Crippen molar-refractivity contribution in [2.45, 2.75) is 75.0 Å². The van der Waals surface area contributed by atoms with Crippen molar-refractivity contribution in [1.82, 2.24) is 20.1 Å². The molecule has 7 nitrogen and oxygen atoms in total. The van der Waals surface area contributed by atoms with Crippen LogP contribution in [-0.4, -0.2) is 82.4 Å². The minimum Gasteiger partial charge on any atom is -0.393 e. The van der Waals surface area contributed by atoms with E-state index in [1.54, 1.807) is 18.5 Å². The highest BCUT2D eigenvalue weighted by atomic mass is 19.4. The van der Waals surface area contributed by atoms with Crippen LogP contribution in [0.4, 0.5) is 23.7 Å². The predicted molar refractivity (Wildman–Crippen MR) is 139 cm³/mol. The fourth-order valence-corrected chi connectivity index (χ4v) is 6.34. The number of likely N-dealkylation sites (tertiary alicyclic amines) is 2. The van der Waals surface area contributed by atoms with Crippen LogP contribution in [0.3, 0.4) is 0 Å². The minimum absolute atomic E-state index is 0.0477. The maximum absolute atomic E-state index is 12.9. The van der Waals surface area contributed by atoms with E-state index in [1.807, 2.05) is 28.0 Å². The molecule has 3 aliphatic heterocycles. The summed E-state index contributed by atoms with van der Waals surface area (Å²) in [6.07, 6.45) is 4.76. The highest BCUT2D eigenvalue weighted by molar-refractivity contribution is 5.76. The molecule has 206 valence electrons. The summed E-state index contributed by atoms with van der Waals surface area (Å²) in [7, 11) is 0. The monoisotopic (exact) mass is 531 g/mol. The first-order valence-corrected chi connectivity index (χ1v) is 13.6. The molecule has 3 saturated heterocycles. The summed E-state index contributed by atoms with van der Waals surface area (Å²) < 4.78 is 38.8. The molecular weight excluding hydrogens is 495 g/mol. The van der Waals surface area contributed by atoms with Gasteiger partial charge in [-0.2, -0.15) is 13.2 Å². The van der Waals surface area contributed by atoms with Gasteiger partial charge in [-0.25, -0.2) is 4.79 Å². The lowest BCUT2D eigenvalue weighted by Crippen LogP contribution is -2.62. The number of halogens is 3. The number of aliphatic hydroxyl groups is 1. The van der Waals surface area contributed by atoms with Crippen LogP contribution in [0.25, 0.3) is 0 Å². The van der Waals surface area contributed by atoms with Crippen LogP contribution < -0.4 is 10.2 Å². The Kier molecular flexibility index (Phi) is 8.09. The molecule has 1 aliphatic carbocycles. The third kappa shape index (κ3) is 6.07. The average Bonchev–Trinajstić information content (AvgIpc) is 3.50. The Morgan fingerprint density at radius 2 is 1.63 bits per heavy atom. The molecule has 0 radical (unpaired) electrons. The number of carbonyl (C=O) groups excluding carboxylic acids is 1. The zero-order valence-corrected chi connectivity index (χ0v) is 21.4. The second-order valence-electron chi connectivity index (χ2n) is 10.7. The van der Waals surface area contributed by atoms with E-state index in [4.69, 9.17) is 0 Å². The first-order chi connectivity index (χ1) is 18.3. The summed E-state index contributed by atoms with van der Waals surface area (Å²) >= 11 is 0. The number of carbonyl (C=O) groups is 1. The highest BCUT2D eigenvalue weighted by Crippen LogP contribution is 2.37. The van der Waals surface area contributed by atoms with Crippen molar-refractivity contribution < 1.29 is 23.1 Å². The van der Waals surface area contributed by atoms with E-state index < -0.39 is 11.7 Å². The molecule has 1 aromatic heterocycles. The number of alkyl halides is 3. The summed E-state index contributed by atoms with van der Waals surface area (Å²) in [4.78, 5) is 23.1. The smallest absolute Gasteiger partial charge is 0.393 e. The molecule has 2 unspecified atom stereocenters. The number of nitrogens with zero attached hydrogens (tertiary/aromatic N) is 4. The summed E-state index contributed by atoms with van der Waals surface area (Å²) in [5, 5.41) is 12.9. The van der Waals surface area contributed by atoms with Crippen LogP contribution in [-0.2, 0) is 6.18 Å². The second-order valence-corrected chi connectivity index (χ2v) is 10.7. The normalized spacial score (nSPS) is 27.8. The van der Waals surface area contributed by atoms with Crippen molar-refractivity contribution in [1.29, 1.82) is 0 Å². The molecule has 2 aromatic rings. The summed E-state index contributed by atoms with van der Waals surface area (Å²) in [6, 6.07) is 12.1. The van der Waals surface area contributed by atoms with Crippen molar-refractivity contribution in [3.63, 3.8) is 0 Å². The number of amides is 2. The van der Waals surface area contributed by atoms with Gasteiger partial charge in [0, 0.05) is 56.3 Å². The number of aliphatic hydroxyl groups excluding tert-OH is 1. The zero-order chi connectivity index (χ0) is 26.7. The van der Waals surface area contributed by atoms with Gasteiger partial charge in [0.1, 0.15) is 0 Å². The molecule has 1 aromatic carbocycles. The van der Waals surface area contributed by atoms with Crippen molar-refractivity contribution in [2.24, 2.45) is 0 Å². The van der Waals surface area contributed by atoms with Crippen molar-refractivity contribution in [3.05, 3.63) is 60.4 Å². The first-order valence-electron chi connectivity index (χ1n) is 13.6. The van der Waals surface area contributed by atoms with Gasteiger partial charge in [0.15, 0.2) is 0 Å². The second kappa shape index (κ2) is 11.5. The number of anilines is 1. The number of benzene rings is 1. The van der Waals surface area contributed by atoms with Crippen molar-refractivity contribution in [3.8, 4) is 0 Å². The van der Waals surface area contributed by atoms with Crippen molar-refractivity contribution in [2.75, 3.05) is 31.1 Å². The Balaban J connectivity index is 0.000000433. The SMILES string of the molecule is O=C(NC1CN(c2cccc(C(F)(F)F)c2)C1)N1CCC2C1CCN2C1CCC(O)CC1.c1ccncc1. The minimum atomic E-state index is -4.35. The molecule has 0 spiro atoms. The molecule has 2 N–H and O–H groups in total. The van der Waals surface area contributed by atoms with Crippen LogP contribution in [0.5, 0.6) is 0 Å². The molecule has 38 heavy (non-hydrogen) atoms. The molecule has 4 fully saturated rings. The van der Waals surface area contributed by atoms with Crippen LogP contribution in [0.1, 0.15) is 44.1 Å².